The van der Waals surface area contributed by atoms with Gasteiger partial charge in [-0.25, -0.2) is 0 Å². The van der Waals surface area contributed by atoms with E-state index in [9.17, 15) is 4.79 Å². The summed E-state index contributed by atoms with van der Waals surface area (Å²) in [7, 11) is -2.66. The Morgan fingerprint density at radius 2 is 1.58 bits per heavy atom. The molecule has 4 nitrogen and oxygen atoms in total. The second kappa shape index (κ2) is 9.24. The lowest BCUT2D eigenvalue weighted by Crippen LogP contribution is -2.67. The molecule has 0 radical (unpaired) electrons. The Morgan fingerprint density at radius 3 is 2.09 bits per heavy atom. The SMILES string of the molecule is CC(=O)O[C@@H]1c2ccnc(C)c2C[C@H]1CO[Si](c1ccccc1)(c1ccccc1)C(C)(C)C. The predicted octanol–water partition coefficient (Wildman–Crippen LogP) is 4.74. The Kier molecular flexibility index (Phi) is 6.55. The molecule has 0 N–H and O–H groups in total. The summed E-state index contributed by atoms with van der Waals surface area (Å²) in [5.41, 5.74) is 3.24. The van der Waals surface area contributed by atoms with Crippen LogP contribution in [0.1, 0.15) is 50.6 Å². The zero-order valence-corrected chi connectivity index (χ0v) is 21.2. The fraction of sp³-hybridized carbons (Fsp3) is 0.357. The van der Waals surface area contributed by atoms with Crippen LogP contribution in [0.3, 0.4) is 0 Å². The van der Waals surface area contributed by atoms with E-state index in [1.807, 2.05) is 13.0 Å². The summed E-state index contributed by atoms with van der Waals surface area (Å²) in [6.07, 6.45) is 2.29. The molecule has 3 aromatic rings. The number of ether oxygens (including phenoxy) is 1. The van der Waals surface area contributed by atoms with Crippen molar-refractivity contribution < 1.29 is 14.0 Å². The minimum Gasteiger partial charge on any atom is -0.457 e. The normalized spacial score (nSPS) is 18.1. The first-order chi connectivity index (χ1) is 15.7. The molecule has 1 heterocycles. The van der Waals surface area contributed by atoms with Crippen molar-refractivity contribution in [1.82, 2.24) is 4.98 Å². The van der Waals surface area contributed by atoms with E-state index in [1.165, 1.54) is 22.9 Å². The first-order valence-corrected chi connectivity index (χ1v) is 13.5. The molecule has 2 aromatic carbocycles. The lowest BCUT2D eigenvalue weighted by Gasteiger charge is -2.43. The highest BCUT2D eigenvalue weighted by Crippen LogP contribution is 2.42. The van der Waals surface area contributed by atoms with Gasteiger partial charge >= 0.3 is 5.97 Å². The quantitative estimate of drug-likeness (QED) is 0.395. The van der Waals surface area contributed by atoms with Gasteiger partial charge < -0.3 is 9.16 Å². The van der Waals surface area contributed by atoms with Gasteiger partial charge in [0.2, 0.25) is 0 Å². The van der Waals surface area contributed by atoms with Crippen LogP contribution in [0.15, 0.2) is 72.9 Å². The number of carbonyl (C=O) groups excluding carboxylic acids is 1. The van der Waals surface area contributed by atoms with E-state index in [0.29, 0.717) is 6.61 Å². The number of aryl methyl sites for hydroxylation is 1. The third kappa shape index (κ3) is 4.40. The van der Waals surface area contributed by atoms with Gasteiger partial charge in [-0.1, -0.05) is 81.4 Å². The zero-order valence-electron chi connectivity index (χ0n) is 20.2. The highest BCUT2D eigenvalue weighted by atomic mass is 28.4. The van der Waals surface area contributed by atoms with Crippen LogP contribution in [0.25, 0.3) is 0 Å². The molecule has 2 atom stereocenters. The van der Waals surface area contributed by atoms with Crippen molar-refractivity contribution >= 4 is 24.7 Å². The van der Waals surface area contributed by atoms with E-state index < -0.39 is 8.32 Å². The summed E-state index contributed by atoms with van der Waals surface area (Å²) in [6, 6.07) is 23.3. The smallest absolute Gasteiger partial charge is 0.303 e. The second-order valence-corrected chi connectivity index (χ2v) is 14.2. The van der Waals surface area contributed by atoms with Crippen LogP contribution in [-0.4, -0.2) is 25.9 Å². The number of benzene rings is 2. The van der Waals surface area contributed by atoms with Crippen LogP contribution in [0.2, 0.25) is 5.04 Å². The summed E-state index contributed by atoms with van der Waals surface area (Å²) in [5, 5.41) is 2.40. The minimum absolute atomic E-state index is 0.0495. The average Bonchev–Trinajstić information content (AvgIpc) is 3.13. The van der Waals surface area contributed by atoms with Gasteiger partial charge in [-0.2, -0.15) is 0 Å². The van der Waals surface area contributed by atoms with Crippen LogP contribution in [0.5, 0.6) is 0 Å². The molecule has 172 valence electrons. The Morgan fingerprint density at radius 1 is 1.00 bits per heavy atom. The molecule has 0 saturated carbocycles. The first kappa shape index (κ1) is 23.4. The van der Waals surface area contributed by atoms with Gasteiger partial charge in [-0.15, -0.1) is 0 Å². The molecule has 0 amide bonds. The maximum atomic E-state index is 12.0. The molecule has 0 aliphatic heterocycles. The van der Waals surface area contributed by atoms with Gasteiger partial charge in [0.05, 0.1) is 0 Å². The Hall–Kier alpha value is -2.76. The molecule has 33 heavy (non-hydrogen) atoms. The van der Waals surface area contributed by atoms with E-state index in [1.54, 1.807) is 6.20 Å². The Balaban J connectivity index is 1.75. The molecule has 1 aliphatic carbocycles. The highest BCUT2D eigenvalue weighted by Gasteiger charge is 2.51. The van der Waals surface area contributed by atoms with Crippen molar-refractivity contribution in [3.63, 3.8) is 0 Å². The van der Waals surface area contributed by atoms with Crippen LogP contribution < -0.4 is 10.4 Å². The topological polar surface area (TPSA) is 48.4 Å². The van der Waals surface area contributed by atoms with Crippen LogP contribution in [-0.2, 0) is 20.4 Å². The molecular formula is C28H33NO3Si. The molecule has 5 heteroatoms. The molecule has 0 spiro atoms. The van der Waals surface area contributed by atoms with Crippen LogP contribution in [0, 0.1) is 12.8 Å². The molecule has 0 unspecified atom stereocenters. The molecular weight excluding hydrogens is 426 g/mol. The third-order valence-electron chi connectivity index (χ3n) is 6.73. The third-order valence-corrected chi connectivity index (χ3v) is 11.7. The van der Waals surface area contributed by atoms with E-state index in [4.69, 9.17) is 9.16 Å². The monoisotopic (exact) mass is 459 g/mol. The predicted molar refractivity (Wildman–Crippen MR) is 134 cm³/mol. The van der Waals surface area contributed by atoms with Gasteiger partial charge in [0.25, 0.3) is 8.32 Å². The molecule has 1 aromatic heterocycles. The lowest BCUT2D eigenvalue weighted by molar-refractivity contribution is -0.149. The number of hydrogen-bond acceptors (Lipinski definition) is 4. The van der Waals surface area contributed by atoms with E-state index in [-0.39, 0.29) is 23.0 Å². The maximum absolute atomic E-state index is 12.0. The van der Waals surface area contributed by atoms with Crippen molar-refractivity contribution in [2.24, 2.45) is 5.92 Å². The van der Waals surface area contributed by atoms with Gasteiger partial charge in [0.1, 0.15) is 6.10 Å². The Bertz CT molecular complexity index is 1070. The largest absolute Gasteiger partial charge is 0.457 e. The lowest BCUT2D eigenvalue weighted by atomic mass is 10.1. The van der Waals surface area contributed by atoms with Crippen molar-refractivity contribution in [2.45, 2.75) is 52.2 Å². The van der Waals surface area contributed by atoms with Gasteiger partial charge in [0, 0.05) is 31.3 Å². The summed E-state index contributed by atoms with van der Waals surface area (Å²) >= 11 is 0. The van der Waals surface area contributed by atoms with E-state index in [0.717, 1.165) is 17.7 Å². The molecule has 1 aliphatic rings. The maximum Gasteiger partial charge on any atom is 0.303 e. The number of nitrogens with zero attached hydrogens (tertiary/aromatic N) is 1. The summed E-state index contributed by atoms with van der Waals surface area (Å²) < 4.78 is 13.0. The highest BCUT2D eigenvalue weighted by molar-refractivity contribution is 6.99. The van der Waals surface area contributed by atoms with Crippen molar-refractivity contribution in [2.75, 3.05) is 6.61 Å². The second-order valence-electron chi connectivity index (χ2n) is 9.93. The van der Waals surface area contributed by atoms with Crippen LogP contribution >= 0.6 is 0 Å². The number of hydrogen-bond donors (Lipinski definition) is 0. The Labute approximate surface area is 198 Å². The minimum atomic E-state index is -2.66. The average molecular weight is 460 g/mol. The number of fused-ring (bicyclic) bond motifs is 1. The zero-order chi connectivity index (χ0) is 23.6. The number of aromatic nitrogens is 1. The molecule has 4 rings (SSSR count). The van der Waals surface area contributed by atoms with Gasteiger partial charge in [0.15, 0.2) is 0 Å². The van der Waals surface area contributed by atoms with Crippen molar-refractivity contribution in [3.05, 3.63) is 89.7 Å². The first-order valence-electron chi connectivity index (χ1n) is 11.6. The van der Waals surface area contributed by atoms with Crippen LogP contribution in [0.4, 0.5) is 0 Å². The summed E-state index contributed by atoms with van der Waals surface area (Å²) in [5.74, 6) is -0.216. The van der Waals surface area contributed by atoms with E-state index in [2.05, 4.69) is 86.4 Å². The number of carbonyl (C=O) groups is 1. The molecule has 0 fully saturated rings. The van der Waals surface area contributed by atoms with Gasteiger partial charge in [-0.05, 0) is 45.9 Å². The fourth-order valence-electron chi connectivity index (χ4n) is 5.25. The molecule has 0 bridgehead atoms. The number of esters is 1. The fourth-order valence-corrected chi connectivity index (χ4v) is 9.87. The molecule has 0 saturated heterocycles. The number of pyridine rings is 1. The summed E-state index contributed by atoms with van der Waals surface area (Å²) in [4.78, 5) is 16.4. The standard InChI is InChI=1S/C28H33NO3Si/c1-20-26-18-22(27(32-21(2)30)25(26)16-17-29-20)19-31-33(28(3,4)5,23-12-8-6-9-13-23)24-14-10-7-11-15-24/h6-17,22,27H,18-19H2,1-5H3/t22-,27-/m0/s1. The van der Waals surface area contributed by atoms with Crippen molar-refractivity contribution in [3.8, 4) is 0 Å². The number of rotatable bonds is 6. The van der Waals surface area contributed by atoms with E-state index >= 15 is 0 Å². The van der Waals surface area contributed by atoms with Crippen molar-refractivity contribution in [1.29, 1.82) is 0 Å². The van der Waals surface area contributed by atoms with Gasteiger partial charge in [-0.3, -0.25) is 9.78 Å². The summed E-state index contributed by atoms with van der Waals surface area (Å²) in [6.45, 7) is 10.8.